The Morgan fingerprint density at radius 2 is 1.12 bits per heavy atom. The molecule has 2 heteroatoms. The van der Waals surface area contributed by atoms with Crippen LogP contribution in [0.5, 0.6) is 0 Å². The van der Waals surface area contributed by atoms with Crippen molar-refractivity contribution in [2.24, 2.45) is 5.92 Å². The van der Waals surface area contributed by atoms with Crippen LogP contribution >= 0.6 is 0 Å². The Morgan fingerprint density at radius 3 is 1.12 bits per heavy atom. The number of alkyl halides is 2. The Labute approximate surface area is 50.9 Å². The maximum atomic E-state index is 11.2. The topological polar surface area (TPSA) is 0 Å². The molecule has 0 aromatic carbocycles. The van der Waals surface area contributed by atoms with Gasteiger partial charge in [0.2, 0.25) is 6.43 Å². The van der Waals surface area contributed by atoms with Gasteiger partial charge >= 0.3 is 0 Å². The molecule has 8 heavy (non-hydrogen) atoms. The van der Waals surface area contributed by atoms with Gasteiger partial charge in [-0.25, -0.2) is 8.78 Å². The van der Waals surface area contributed by atoms with E-state index >= 15 is 0 Å². The Kier molecular flexibility index (Phi) is 13.4. The SMILES string of the molecule is C.C.CC(C)C(F)F. The summed E-state index contributed by atoms with van der Waals surface area (Å²) in [4.78, 5) is 0. The van der Waals surface area contributed by atoms with Gasteiger partial charge in [-0.1, -0.05) is 28.7 Å². The fourth-order valence-electron chi connectivity index (χ4n) is 0. The van der Waals surface area contributed by atoms with Gasteiger partial charge < -0.3 is 0 Å². The summed E-state index contributed by atoms with van der Waals surface area (Å²) in [6.45, 7) is 2.98. The van der Waals surface area contributed by atoms with Crippen LogP contribution in [-0.4, -0.2) is 6.43 Å². The van der Waals surface area contributed by atoms with E-state index in [9.17, 15) is 8.78 Å². The summed E-state index contributed by atoms with van der Waals surface area (Å²) in [5.41, 5.74) is 0. The fourth-order valence-corrected chi connectivity index (χ4v) is 0. The minimum atomic E-state index is -2.15. The molecule has 0 radical (unpaired) electrons. The van der Waals surface area contributed by atoms with Crippen molar-refractivity contribution in [2.45, 2.75) is 35.1 Å². The van der Waals surface area contributed by atoms with Gasteiger partial charge in [0.15, 0.2) is 0 Å². The highest BCUT2D eigenvalue weighted by molar-refractivity contribution is 4.41. The van der Waals surface area contributed by atoms with E-state index < -0.39 is 12.3 Å². The zero-order valence-corrected chi connectivity index (χ0v) is 3.91. The fraction of sp³-hybridized carbons (Fsp3) is 1.00. The second-order valence-corrected chi connectivity index (χ2v) is 1.58. The lowest BCUT2D eigenvalue weighted by molar-refractivity contribution is 0.0955. The second kappa shape index (κ2) is 6.86. The van der Waals surface area contributed by atoms with Crippen LogP contribution in [0, 0.1) is 5.92 Å². The van der Waals surface area contributed by atoms with Gasteiger partial charge in [0, 0.05) is 5.92 Å². The van der Waals surface area contributed by atoms with Crippen LogP contribution in [0.4, 0.5) is 8.78 Å². The van der Waals surface area contributed by atoms with E-state index in [1.807, 2.05) is 0 Å². The standard InChI is InChI=1S/C4H8F2.2CH4/c1-3(2)4(5)6;;/h3-4H,1-2H3;2*1H4. The summed E-state index contributed by atoms with van der Waals surface area (Å²) in [5.74, 6) is -0.481. The van der Waals surface area contributed by atoms with Gasteiger partial charge in [0.25, 0.3) is 0 Å². The van der Waals surface area contributed by atoms with E-state index in [1.54, 1.807) is 0 Å². The largest absolute Gasteiger partial charge is 0.240 e. The lowest BCUT2D eigenvalue weighted by Crippen LogP contribution is -1.99. The van der Waals surface area contributed by atoms with Crippen molar-refractivity contribution < 1.29 is 8.78 Å². The average Bonchev–Trinajstić information content (AvgIpc) is 1.36. The molecule has 54 valence electrons. The van der Waals surface area contributed by atoms with Gasteiger partial charge in [-0.05, 0) is 0 Å². The molecule has 0 nitrogen and oxygen atoms in total. The molecule has 0 aliphatic heterocycles. The van der Waals surface area contributed by atoms with Crippen molar-refractivity contribution in [3.05, 3.63) is 0 Å². The van der Waals surface area contributed by atoms with E-state index in [2.05, 4.69) is 0 Å². The van der Waals surface area contributed by atoms with E-state index in [4.69, 9.17) is 0 Å². The first-order valence-corrected chi connectivity index (χ1v) is 1.92. The lowest BCUT2D eigenvalue weighted by Gasteiger charge is -1.97. The zero-order valence-electron chi connectivity index (χ0n) is 3.91. The molecule has 0 saturated heterocycles. The van der Waals surface area contributed by atoms with Gasteiger partial charge in [0.1, 0.15) is 0 Å². The molecule has 0 saturated carbocycles. The van der Waals surface area contributed by atoms with Crippen molar-refractivity contribution in [2.75, 3.05) is 0 Å². The Morgan fingerprint density at radius 1 is 1.00 bits per heavy atom. The number of hydrogen-bond donors (Lipinski definition) is 0. The third kappa shape index (κ3) is 9.29. The quantitative estimate of drug-likeness (QED) is 0.506. The summed E-state index contributed by atoms with van der Waals surface area (Å²) in [6, 6.07) is 0. The molecule has 0 amide bonds. The molecular weight excluding hydrogens is 110 g/mol. The zero-order chi connectivity index (χ0) is 5.15. The molecular formula is C6H16F2. The van der Waals surface area contributed by atoms with Crippen molar-refractivity contribution in [3.8, 4) is 0 Å². The molecule has 0 unspecified atom stereocenters. The molecule has 0 aliphatic carbocycles. The highest BCUT2D eigenvalue weighted by Gasteiger charge is 2.05. The van der Waals surface area contributed by atoms with Gasteiger partial charge in [-0.15, -0.1) is 0 Å². The molecule has 0 spiro atoms. The molecule has 0 bridgehead atoms. The average molecular weight is 126 g/mol. The van der Waals surface area contributed by atoms with Crippen LogP contribution in [-0.2, 0) is 0 Å². The van der Waals surface area contributed by atoms with Crippen LogP contribution in [0.25, 0.3) is 0 Å². The maximum absolute atomic E-state index is 11.2. The van der Waals surface area contributed by atoms with Crippen LogP contribution in [0.1, 0.15) is 28.7 Å². The number of rotatable bonds is 1. The summed E-state index contributed by atoms with van der Waals surface area (Å²) in [6.07, 6.45) is -2.15. The lowest BCUT2D eigenvalue weighted by atomic mass is 10.2. The summed E-state index contributed by atoms with van der Waals surface area (Å²) in [5, 5.41) is 0. The minimum Gasteiger partial charge on any atom is -0.210 e. The molecule has 0 N–H and O–H groups in total. The molecule has 0 heterocycles. The first kappa shape index (κ1) is 15.7. The van der Waals surface area contributed by atoms with Crippen LogP contribution in [0.2, 0.25) is 0 Å². The number of hydrogen-bond acceptors (Lipinski definition) is 0. The van der Waals surface area contributed by atoms with Gasteiger partial charge in [-0.2, -0.15) is 0 Å². The highest BCUT2D eigenvalue weighted by atomic mass is 19.3. The first-order chi connectivity index (χ1) is 2.64. The van der Waals surface area contributed by atoms with Crippen molar-refractivity contribution in [1.29, 1.82) is 0 Å². The highest BCUT2D eigenvalue weighted by Crippen LogP contribution is 2.04. The predicted molar refractivity (Wildman–Crippen MR) is 34.3 cm³/mol. The summed E-state index contributed by atoms with van der Waals surface area (Å²) >= 11 is 0. The van der Waals surface area contributed by atoms with E-state index in [0.717, 1.165) is 0 Å². The van der Waals surface area contributed by atoms with Crippen LogP contribution in [0.15, 0.2) is 0 Å². The van der Waals surface area contributed by atoms with Crippen molar-refractivity contribution >= 4 is 0 Å². The predicted octanol–water partition coefficient (Wildman–Crippen LogP) is 3.18. The maximum Gasteiger partial charge on any atom is 0.240 e. The molecule has 0 atom stereocenters. The summed E-state index contributed by atoms with van der Waals surface area (Å²) in [7, 11) is 0. The normalized spacial score (nSPS) is 8.25. The van der Waals surface area contributed by atoms with E-state index in [1.165, 1.54) is 13.8 Å². The van der Waals surface area contributed by atoms with Crippen LogP contribution in [0.3, 0.4) is 0 Å². The monoisotopic (exact) mass is 126 g/mol. The smallest absolute Gasteiger partial charge is 0.210 e. The molecule has 0 aromatic heterocycles. The number of halogens is 2. The van der Waals surface area contributed by atoms with Crippen molar-refractivity contribution in [3.63, 3.8) is 0 Å². The third-order valence-electron chi connectivity index (χ3n) is 0.504. The van der Waals surface area contributed by atoms with Gasteiger partial charge in [0.05, 0.1) is 0 Å². The van der Waals surface area contributed by atoms with Crippen molar-refractivity contribution in [1.82, 2.24) is 0 Å². The Hall–Kier alpha value is -0.140. The Balaban J connectivity index is -0.000000125. The van der Waals surface area contributed by atoms with E-state index in [0.29, 0.717) is 0 Å². The third-order valence-corrected chi connectivity index (χ3v) is 0.504. The molecule has 0 rings (SSSR count). The van der Waals surface area contributed by atoms with E-state index in [-0.39, 0.29) is 14.9 Å². The minimum absolute atomic E-state index is 0. The molecule has 0 fully saturated rings. The summed E-state index contributed by atoms with van der Waals surface area (Å²) < 4.78 is 22.3. The first-order valence-electron chi connectivity index (χ1n) is 1.92. The van der Waals surface area contributed by atoms with Gasteiger partial charge in [-0.3, -0.25) is 0 Å². The molecule has 0 aliphatic rings. The second-order valence-electron chi connectivity index (χ2n) is 1.58. The molecule has 0 aromatic rings. The Bertz CT molecular complexity index is 27.5. The van der Waals surface area contributed by atoms with Crippen LogP contribution < -0.4 is 0 Å².